The van der Waals surface area contributed by atoms with Crippen molar-refractivity contribution in [3.63, 3.8) is 0 Å². The van der Waals surface area contributed by atoms with Gasteiger partial charge < -0.3 is 19.9 Å². The van der Waals surface area contributed by atoms with Crippen LogP contribution in [0.25, 0.3) is 0 Å². The first-order chi connectivity index (χ1) is 10.5. The highest BCUT2D eigenvalue weighted by Gasteiger charge is 2.17. The van der Waals surface area contributed by atoms with Gasteiger partial charge in [0.1, 0.15) is 6.54 Å². The number of aliphatic imine (C=N–C) groups is 1. The summed E-state index contributed by atoms with van der Waals surface area (Å²) in [6, 6.07) is 0. The van der Waals surface area contributed by atoms with Crippen molar-refractivity contribution in [3.05, 3.63) is 12.7 Å². The monoisotopic (exact) mass is 310 g/mol. The highest BCUT2D eigenvalue weighted by molar-refractivity contribution is 5.84. The maximum atomic E-state index is 11.7. The largest absolute Gasteiger partial charge is 0.376 e. The van der Waals surface area contributed by atoms with Gasteiger partial charge in [0, 0.05) is 40.8 Å². The van der Waals surface area contributed by atoms with E-state index in [0.29, 0.717) is 0 Å². The zero-order valence-corrected chi connectivity index (χ0v) is 14.2. The van der Waals surface area contributed by atoms with Gasteiger partial charge in [-0.15, -0.1) is 6.58 Å². The third kappa shape index (κ3) is 6.93. The fourth-order valence-corrected chi connectivity index (χ4v) is 2.18. The molecule has 6 nitrogen and oxygen atoms in total. The number of guanidine groups is 1. The minimum absolute atomic E-state index is 0.00379. The van der Waals surface area contributed by atoms with Crippen LogP contribution in [0.2, 0.25) is 0 Å². The second kappa shape index (κ2) is 10.2. The van der Waals surface area contributed by atoms with Crippen molar-refractivity contribution in [3.8, 4) is 0 Å². The van der Waals surface area contributed by atoms with Gasteiger partial charge in [-0.05, 0) is 25.7 Å². The molecule has 126 valence electrons. The zero-order chi connectivity index (χ0) is 16.4. The van der Waals surface area contributed by atoms with Crippen LogP contribution in [0.1, 0.15) is 25.7 Å². The van der Waals surface area contributed by atoms with Crippen molar-refractivity contribution in [1.29, 1.82) is 0 Å². The summed E-state index contributed by atoms with van der Waals surface area (Å²) in [7, 11) is 5.47. The maximum Gasteiger partial charge on any atom is 0.243 e. The molecule has 0 aromatic rings. The van der Waals surface area contributed by atoms with E-state index in [1.807, 2.05) is 13.1 Å². The Morgan fingerprint density at radius 2 is 2.23 bits per heavy atom. The van der Waals surface area contributed by atoms with Crippen LogP contribution in [0.15, 0.2) is 17.6 Å². The van der Waals surface area contributed by atoms with E-state index in [2.05, 4.69) is 21.8 Å². The Balaban J connectivity index is 2.55. The van der Waals surface area contributed by atoms with E-state index in [9.17, 15) is 4.79 Å². The molecule has 6 heteroatoms. The van der Waals surface area contributed by atoms with Crippen molar-refractivity contribution >= 4 is 11.9 Å². The van der Waals surface area contributed by atoms with E-state index in [4.69, 9.17) is 4.74 Å². The molecule has 0 saturated carbocycles. The Morgan fingerprint density at radius 3 is 2.82 bits per heavy atom. The van der Waals surface area contributed by atoms with Crippen molar-refractivity contribution in [2.24, 2.45) is 4.99 Å². The Morgan fingerprint density at radius 1 is 1.45 bits per heavy atom. The van der Waals surface area contributed by atoms with Crippen LogP contribution in [0.5, 0.6) is 0 Å². The summed E-state index contributed by atoms with van der Waals surface area (Å²) in [4.78, 5) is 19.8. The summed E-state index contributed by atoms with van der Waals surface area (Å²) in [5.41, 5.74) is 0. The van der Waals surface area contributed by atoms with E-state index in [1.165, 1.54) is 0 Å². The van der Waals surface area contributed by atoms with E-state index in [-0.39, 0.29) is 18.6 Å². The molecule has 22 heavy (non-hydrogen) atoms. The molecule has 1 N–H and O–H groups in total. The minimum Gasteiger partial charge on any atom is -0.376 e. The number of nitrogens with one attached hydrogen (secondary N) is 1. The van der Waals surface area contributed by atoms with Crippen LogP contribution in [0.4, 0.5) is 0 Å². The number of nitrogens with zero attached hydrogens (tertiary/aromatic N) is 3. The minimum atomic E-state index is -0.00379. The summed E-state index contributed by atoms with van der Waals surface area (Å²) < 4.78 is 5.62. The fraction of sp³-hybridized carbons (Fsp3) is 0.750. The Labute approximate surface area is 134 Å². The van der Waals surface area contributed by atoms with Crippen LogP contribution in [-0.2, 0) is 9.53 Å². The van der Waals surface area contributed by atoms with Gasteiger partial charge in [-0.25, -0.2) is 4.99 Å². The lowest BCUT2D eigenvalue weighted by molar-refractivity contribution is -0.127. The van der Waals surface area contributed by atoms with Gasteiger partial charge in [0.15, 0.2) is 5.96 Å². The Bertz CT molecular complexity index is 376. The first-order valence-electron chi connectivity index (χ1n) is 7.96. The van der Waals surface area contributed by atoms with Gasteiger partial charge in [0.25, 0.3) is 0 Å². The number of hydrogen-bond acceptors (Lipinski definition) is 3. The molecule has 1 rings (SSSR count). The number of ether oxygens (including phenoxy) is 1. The number of likely N-dealkylation sites (N-methyl/N-ethyl adjacent to an activating group) is 1. The fourth-order valence-electron chi connectivity index (χ4n) is 2.18. The van der Waals surface area contributed by atoms with Gasteiger partial charge in [-0.3, -0.25) is 4.79 Å². The number of unbranched alkanes of at least 4 members (excludes halogenated alkanes) is 1. The lowest BCUT2D eigenvalue weighted by atomic mass is 10.2. The number of amides is 1. The normalized spacial score (nSPS) is 18.1. The average Bonchev–Trinajstić information content (AvgIpc) is 3.00. The predicted molar refractivity (Wildman–Crippen MR) is 90.0 cm³/mol. The second-order valence-corrected chi connectivity index (χ2v) is 5.80. The molecule has 1 fully saturated rings. The molecule has 0 radical (unpaired) electrons. The lowest BCUT2D eigenvalue weighted by Crippen LogP contribution is -2.43. The first-order valence-corrected chi connectivity index (χ1v) is 7.96. The molecule has 1 amide bonds. The highest BCUT2D eigenvalue weighted by Crippen LogP contribution is 2.10. The van der Waals surface area contributed by atoms with Gasteiger partial charge in [-0.2, -0.15) is 0 Å². The molecule has 1 aliphatic rings. The molecule has 0 bridgehead atoms. The number of carbonyl (C=O) groups excluding carboxylic acids is 1. The quantitative estimate of drug-likeness (QED) is 0.316. The third-order valence-electron chi connectivity index (χ3n) is 3.64. The first kappa shape index (κ1) is 18.5. The molecule has 0 aromatic carbocycles. The number of allylic oxidation sites excluding steroid dienone is 1. The molecule has 1 aliphatic heterocycles. The van der Waals surface area contributed by atoms with Gasteiger partial charge in [0.2, 0.25) is 5.91 Å². The summed E-state index contributed by atoms with van der Waals surface area (Å²) >= 11 is 0. The topological polar surface area (TPSA) is 57.2 Å². The Kier molecular flexibility index (Phi) is 8.58. The van der Waals surface area contributed by atoms with E-state index in [0.717, 1.165) is 51.3 Å². The molecule has 1 heterocycles. The lowest BCUT2D eigenvalue weighted by Gasteiger charge is -2.23. The van der Waals surface area contributed by atoms with Crippen LogP contribution in [-0.4, -0.2) is 75.2 Å². The van der Waals surface area contributed by atoms with Gasteiger partial charge in [-0.1, -0.05) is 6.08 Å². The van der Waals surface area contributed by atoms with Gasteiger partial charge in [0.05, 0.1) is 6.10 Å². The Hall–Kier alpha value is -1.56. The molecule has 1 unspecified atom stereocenters. The highest BCUT2D eigenvalue weighted by atomic mass is 16.5. The predicted octanol–water partition coefficient (Wildman–Crippen LogP) is 1.10. The van der Waals surface area contributed by atoms with Crippen molar-refractivity contribution in [2.75, 3.05) is 47.4 Å². The van der Waals surface area contributed by atoms with Crippen LogP contribution < -0.4 is 5.32 Å². The number of hydrogen-bond donors (Lipinski definition) is 1. The molecule has 1 atom stereocenters. The zero-order valence-electron chi connectivity index (χ0n) is 14.2. The molecular formula is C16H30N4O2. The van der Waals surface area contributed by atoms with Crippen LogP contribution in [0, 0.1) is 0 Å². The van der Waals surface area contributed by atoms with E-state index < -0.39 is 0 Å². The summed E-state index contributed by atoms with van der Waals surface area (Å²) in [6.45, 7) is 6.35. The summed E-state index contributed by atoms with van der Waals surface area (Å²) in [5, 5.41) is 3.34. The van der Waals surface area contributed by atoms with Crippen LogP contribution >= 0.6 is 0 Å². The molecule has 0 aliphatic carbocycles. The summed E-state index contributed by atoms with van der Waals surface area (Å²) in [5.74, 6) is 0.755. The third-order valence-corrected chi connectivity index (χ3v) is 3.64. The summed E-state index contributed by atoms with van der Waals surface area (Å²) in [6.07, 6.45) is 6.35. The maximum absolute atomic E-state index is 11.7. The molecule has 0 aromatic heterocycles. The van der Waals surface area contributed by atoms with E-state index in [1.54, 1.807) is 19.0 Å². The average molecular weight is 310 g/mol. The van der Waals surface area contributed by atoms with Gasteiger partial charge >= 0.3 is 0 Å². The molecule has 1 saturated heterocycles. The second-order valence-electron chi connectivity index (χ2n) is 5.80. The standard InChI is InChI=1S/C16H30N4O2/c1-5-6-7-10-20(4)16(18-13-15(21)19(2)3)17-12-14-9-8-11-22-14/h5,14H,1,6-13H2,2-4H3,(H,17,18). The SMILES string of the molecule is C=CCCCN(C)C(=NCC(=O)N(C)C)NCC1CCCO1. The number of rotatable bonds is 8. The number of carbonyl (C=O) groups is 1. The van der Waals surface area contributed by atoms with Crippen molar-refractivity contribution < 1.29 is 9.53 Å². The molecule has 0 spiro atoms. The van der Waals surface area contributed by atoms with Crippen molar-refractivity contribution in [2.45, 2.75) is 31.8 Å². The molecular weight excluding hydrogens is 280 g/mol. The van der Waals surface area contributed by atoms with Crippen LogP contribution in [0.3, 0.4) is 0 Å². The van der Waals surface area contributed by atoms with Crippen molar-refractivity contribution in [1.82, 2.24) is 15.1 Å². The smallest absolute Gasteiger partial charge is 0.243 e. The van der Waals surface area contributed by atoms with E-state index >= 15 is 0 Å².